The maximum Gasteiger partial charge on any atom is 0.242 e. The summed E-state index contributed by atoms with van der Waals surface area (Å²) in [6.45, 7) is 0.830. The van der Waals surface area contributed by atoms with E-state index in [0.717, 1.165) is 18.5 Å². The standard InChI is InChI=1S/C13H18N4O/c1-16(8-4-7-14)13(18)9-17-10-15-11-5-2-3-6-12(11)17/h10H,2-6,8-9H2,1H3. The van der Waals surface area contributed by atoms with Crippen molar-refractivity contribution in [3.8, 4) is 6.07 Å². The molecule has 0 saturated heterocycles. The van der Waals surface area contributed by atoms with Gasteiger partial charge in [0.15, 0.2) is 0 Å². The van der Waals surface area contributed by atoms with Crippen LogP contribution in [0.4, 0.5) is 0 Å². The maximum absolute atomic E-state index is 12.0. The second-order valence-electron chi connectivity index (χ2n) is 4.70. The van der Waals surface area contributed by atoms with E-state index >= 15 is 0 Å². The fourth-order valence-electron chi connectivity index (χ4n) is 2.28. The van der Waals surface area contributed by atoms with Gasteiger partial charge < -0.3 is 9.47 Å². The van der Waals surface area contributed by atoms with E-state index in [2.05, 4.69) is 4.98 Å². The van der Waals surface area contributed by atoms with E-state index in [1.54, 1.807) is 18.3 Å². The number of nitriles is 1. The third-order valence-electron chi connectivity index (χ3n) is 3.40. The summed E-state index contributed by atoms with van der Waals surface area (Å²) in [7, 11) is 1.74. The number of rotatable bonds is 4. The normalized spacial score (nSPS) is 13.8. The van der Waals surface area contributed by atoms with E-state index in [-0.39, 0.29) is 5.91 Å². The highest BCUT2D eigenvalue weighted by atomic mass is 16.2. The van der Waals surface area contributed by atoms with Crippen LogP contribution in [-0.4, -0.2) is 34.0 Å². The van der Waals surface area contributed by atoms with Crippen molar-refractivity contribution in [1.29, 1.82) is 5.26 Å². The molecule has 2 rings (SSSR count). The SMILES string of the molecule is CN(CCC#N)C(=O)Cn1cnc2c1CCCC2. The van der Waals surface area contributed by atoms with Crippen molar-refractivity contribution < 1.29 is 4.79 Å². The van der Waals surface area contributed by atoms with Crippen LogP contribution < -0.4 is 0 Å². The van der Waals surface area contributed by atoms with Crippen LogP contribution in [0.15, 0.2) is 6.33 Å². The zero-order valence-electron chi connectivity index (χ0n) is 10.7. The summed E-state index contributed by atoms with van der Waals surface area (Å²) in [4.78, 5) is 18.0. The maximum atomic E-state index is 12.0. The monoisotopic (exact) mass is 246 g/mol. The largest absolute Gasteiger partial charge is 0.343 e. The van der Waals surface area contributed by atoms with Crippen LogP contribution in [0.2, 0.25) is 0 Å². The van der Waals surface area contributed by atoms with Gasteiger partial charge in [-0.1, -0.05) is 0 Å². The van der Waals surface area contributed by atoms with Crippen LogP contribution in [0, 0.1) is 11.3 Å². The Hall–Kier alpha value is -1.83. The first kappa shape index (κ1) is 12.6. The highest BCUT2D eigenvalue weighted by Gasteiger charge is 2.17. The summed E-state index contributed by atoms with van der Waals surface area (Å²) in [6.07, 6.45) is 6.57. The quantitative estimate of drug-likeness (QED) is 0.800. The molecule has 18 heavy (non-hydrogen) atoms. The summed E-state index contributed by atoms with van der Waals surface area (Å²) in [5.41, 5.74) is 2.36. The molecule has 1 aliphatic rings. The lowest BCUT2D eigenvalue weighted by molar-refractivity contribution is -0.130. The molecule has 0 N–H and O–H groups in total. The van der Waals surface area contributed by atoms with E-state index < -0.39 is 0 Å². The Morgan fingerprint density at radius 2 is 2.33 bits per heavy atom. The predicted molar refractivity (Wildman–Crippen MR) is 66.7 cm³/mol. The Balaban J connectivity index is 1.99. The van der Waals surface area contributed by atoms with Gasteiger partial charge in [0.05, 0.1) is 24.5 Å². The van der Waals surface area contributed by atoms with Crippen molar-refractivity contribution in [2.75, 3.05) is 13.6 Å². The van der Waals surface area contributed by atoms with Gasteiger partial charge in [0.2, 0.25) is 5.91 Å². The van der Waals surface area contributed by atoms with Gasteiger partial charge in [0.25, 0.3) is 0 Å². The number of imidazole rings is 1. The highest BCUT2D eigenvalue weighted by molar-refractivity contribution is 5.75. The van der Waals surface area contributed by atoms with E-state index in [0.29, 0.717) is 19.5 Å². The number of likely N-dealkylation sites (N-methyl/N-ethyl adjacent to an activating group) is 1. The topological polar surface area (TPSA) is 61.9 Å². The number of aryl methyl sites for hydroxylation is 1. The lowest BCUT2D eigenvalue weighted by atomic mass is 10.0. The molecular formula is C13H18N4O. The average molecular weight is 246 g/mol. The molecule has 96 valence electrons. The molecule has 0 saturated carbocycles. The molecule has 5 nitrogen and oxygen atoms in total. The van der Waals surface area contributed by atoms with E-state index in [9.17, 15) is 4.79 Å². The summed E-state index contributed by atoms with van der Waals surface area (Å²) in [5.74, 6) is 0.0380. The number of carbonyl (C=O) groups is 1. The molecule has 5 heteroatoms. The van der Waals surface area contributed by atoms with Crippen molar-refractivity contribution >= 4 is 5.91 Å². The van der Waals surface area contributed by atoms with Gasteiger partial charge in [-0.25, -0.2) is 4.98 Å². The van der Waals surface area contributed by atoms with Crippen molar-refractivity contribution in [2.45, 2.75) is 38.6 Å². The van der Waals surface area contributed by atoms with Crippen LogP contribution in [-0.2, 0) is 24.2 Å². The molecule has 1 amide bonds. The Morgan fingerprint density at radius 3 is 3.11 bits per heavy atom. The predicted octanol–water partition coefficient (Wildman–Crippen LogP) is 1.13. The first-order chi connectivity index (χ1) is 8.72. The van der Waals surface area contributed by atoms with Gasteiger partial charge in [-0.15, -0.1) is 0 Å². The van der Waals surface area contributed by atoms with Gasteiger partial charge >= 0.3 is 0 Å². The van der Waals surface area contributed by atoms with Crippen molar-refractivity contribution in [1.82, 2.24) is 14.5 Å². The average Bonchev–Trinajstić information content (AvgIpc) is 2.79. The van der Waals surface area contributed by atoms with Crippen LogP contribution in [0.1, 0.15) is 30.7 Å². The van der Waals surface area contributed by atoms with Crippen LogP contribution >= 0.6 is 0 Å². The summed E-state index contributed by atoms with van der Waals surface area (Å²) in [6, 6.07) is 2.05. The summed E-state index contributed by atoms with van der Waals surface area (Å²) >= 11 is 0. The van der Waals surface area contributed by atoms with Gasteiger partial charge in [-0.3, -0.25) is 4.79 Å². The van der Waals surface area contributed by atoms with E-state index in [1.165, 1.54) is 18.5 Å². The molecular weight excluding hydrogens is 228 g/mol. The second kappa shape index (κ2) is 5.67. The summed E-state index contributed by atoms with van der Waals surface area (Å²) < 4.78 is 1.96. The Bertz CT molecular complexity index is 472. The first-order valence-electron chi connectivity index (χ1n) is 6.36. The van der Waals surface area contributed by atoms with Gasteiger partial charge in [0, 0.05) is 19.3 Å². The Kier molecular flexibility index (Phi) is 3.98. The number of aromatic nitrogens is 2. The minimum atomic E-state index is 0.0380. The number of fused-ring (bicyclic) bond motifs is 1. The summed E-state index contributed by atoms with van der Waals surface area (Å²) in [5, 5.41) is 8.51. The Labute approximate surface area is 107 Å². The molecule has 0 spiro atoms. The number of carbonyl (C=O) groups excluding carboxylic acids is 1. The molecule has 0 radical (unpaired) electrons. The van der Waals surface area contributed by atoms with Gasteiger partial charge in [-0.2, -0.15) is 5.26 Å². The number of nitrogens with zero attached hydrogens (tertiary/aromatic N) is 4. The van der Waals surface area contributed by atoms with Crippen LogP contribution in [0.25, 0.3) is 0 Å². The fraction of sp³-hybridized carbons (Fsp3) is 0.615. The zero-order chi connectivity index (χ0) is 13.0. The molecule has 0 aliphatic heterocycles. The fourth-order valence-corrected chi connectivity index (χ4v) is 2.28. The van der Waals surface area contributed by atoms with Gasteiger partial charge in [-0.05, 0) is 25.7 Å². The third-order valence-corrected chi connectivity index (χ3v) is 3.40. The van der Waals surface area contributed by atoms with Crippen LogP contribution in [0.3, 0.4) is 0 Å². The second-order valence-corrected chi connectivity index (χ2v) is 4.70. The minimum Gasteiger partial charge on any atom is -0.343 e. The highest BCUT2D eigenvalue weighted by Crippen LogP contribution is 2.19. The number of hydrogen-bond donors (Lipinski definition) is 0. The minimum absolute atomic E-state index is 0.0380. The van der Waals surface area contributed by atoms with E-state index in [4.69, 9.17) is 5.26 Å². The molecule has 0 fully saturated rings. The van der Waals surface area contributed by atoms with Crippen molar-refractivity contribution in [3.63, 3.8) is 0 Å². The van der Waals surface area contributed by atoms with E-state index in [1.807, 2.05) is 10.6 Å². The third kappa shape index (κ3) is 2.70. The molecule has 0 bridgehead atoms. The van der Waals surface area contributed by atoms with Crippen LogP contribution in [0.5, 0.6) is 0 Å². The number of amides is 1. The molecule has 0 atom stereocenters. The van der Waals surface area contributed by atoms with Crippen molar-refractivity contribution in [3.05, 3.63) is 17.7 Å². The van der Waals surface area contributed by atoms with Crippen molar-refractivity contribution in [2.24, 2.45) is 0 Å². The number of hydrogen-bond acceptors (Lipinski definition) is 3. The molecule has 1 aromatic heterocycles. The Morgan fingerprint density at radius 1 is 1.56 bits per heavy atom. The van der Waals surface area contributed by atoms with Gasteiger partial charge in [0.1, 0.15) is 6.54 Å². The molecule has 1 aromatic rings. The lowest BCUT2D eigenvalue weighted by Gasteiger charge is -2.18. The molecule has 0 unspecified atom stereocenters. The molecule has 1 aliphatic carbocycles. The first-order valence-corrected chi connectivity index (χ1v) is 6.36. The smallest absolute Gasteiger partial charge is 0.242 e. The zero-order valence-corrected chi connectivity index (χ0v) is 10.7. The molecule has 0 aromatic carbocycles. The molecule has 1 heterocycles. The lowest BCUT2D eigenvalue weighted by Crippen LogP contribution is -2.31.